The molecule has 0 heterocycles. The lowest BCUT2D eigenvalue weighted by Crippen LogP contribution is -2.06. The molecule has 0 aromatic heterocycles. The topological polar surface area (TPSA) is 63.3 Å². The van der Waals surface area contributed by atoms with Crippen LogP contribution in [0.3, 0.4) is 0 Å². The quantitative estimate of drug-likeness (QED) is 0.800. The first-order valence-electron chi connectivity index (χ1n) is 3.47. The van der Waals surface area contributed by atoms with Gasteiger partial charge in [0.05, 0.1) is 5.56 Å². The third-order valence-electron chi connectivity index (χ3n) is 1.59. The summed E-state index contributed by atoms with van der Waals surface area (Å²) in [7, 11) is 0. The molecule has 1 rings (SSSR count). The predicted molar refractivity (Wildman–Crippen MR) is 48.5 cm³/mol. The molecule has 1 aromatic carbocycles. The second-order valence-electron chi connectivity index (χ2n) is 2.43. The average molecular weight is 224 g/mol. The van der Waals surface area contributed by atoms with Crippen molar-refractivity contribution in [3.63, 3.8) is 0 Å². The zero-order valence-electron chi connectivity index (χ0n) is 6.96. The monoisotopic (exact) mass is 223 g/mol. The van der Waals surface area contributed by atoms with Gasteiger partial charge in [0.2, 0.25) is 0 Å². The van der Waals surface area contributed by atoms with Gasteiger partial charge < -0.3 is 10.8 Å². The van der Waals surface area contributed by atoms with Crippen molar-refractivity contribution in [3.8, 4) is 0 Å². The Morgan fingerprint density at radius 1 is 1.36 bits per heavy atom. The van der Waals surface area contributed by atoms with Gasteiger partial charge in [0, 0.05) is 12.1 Å². The first-order valence-corrected chi connectivity index (χ1v) is 3.47. The third-order valence-corrected chi connectivity index (χ3v) is 1.59. The Bertz CT molecular complexity index is 334. The highest BCUT2D eigenvalue weighted by atomic mass is 35.5. The maximum Gasteiger partial charge on any atom is 0.335 e. The van der Waals surface area contributed by atoms with E-state index in [1.54, 1.807) is 0 Å². The molecule has 0 amide bonds. The molecule has 14 heavy (non-hydrogen) atoms. The molecule has 0 aliphatic heterocycles. The van der Waals surface area contributed by atoms with E-state index in [-0.39, 0.29) is 24.5 Å². The fraction of sp³-hybridized carbons (Fsp3) is 0.125. The van der Waals surface area contributed by atoms with E-state index in [2.05, 4.69) is 0 Å². The van der Waals surface area contributed by atoms with Crippen LogP contribution < -0.4 is 5.73 Å². The third kappa shape index (κ3) is 2.40. The van der Waals surface area contributed by atoms with Crippen molar-refractivity contribution in [1.29, 1.82) is 0 Å². The Labute approximate surface area is 84.9 Å². The second-order valence-corrected chi connectivity index (χ2v) is 2.43. The van der Waals surface area contributed by atoms with Crippen molar-refractivity contribution in [2.24, 2.45) is 5.73 Å². The molecule has 0 atom stereocenters. The molecular weight excluding hydrogens is 216 g/mol. The number of hydrogen-bond acceptors (Lipinski definition) is 2. The summed E-state index contributed by atoms with van der Waals surface area (Å²) in [5.41, 5.74) is 4.33. The van der Waals surface area contributed by atoms with Crippen LogP contribution in [0.1, 0.15) is 15.9 Å². The highest BCUT2D eigenvalue weighted by molar-refractivity contribution is 5.87. The highest BCUT2D eigenvalue weighted by Crippen LogP contribution is 2.14. The van der Waals surface area contributed by atoms with Crippen LogP contribution >= 0.6 is 12.4 Å². The van der Waals surface area contributed by atoms with Gasteiger partial charge in [-0.15, -0.1) is 12.4 Å². The molecule has 0 spiro atoms. The number of benzene rings is 1. The van der Waals surface area contributed by atoms with Gasteiger partial charge in [0.25, 0.3) is 0 Å². The van der Waals surface area contributed by atoms with Gasteiger partial charge >= 0.3 is 5.97 Å². The van der Waals surface area contributed by atoms with Gasteiger partial charge in [0.15, 0.2) is 0 Å². The minimum atomic E-state index is -1.37. The molecule has 78 valence electrons. The molecular formula is C8H8ClF2NO2. The average Bonchev–Trinajstić information content (AvgIpc) is 2.03. The lowest BCUT2D eigenvalue weighted by Gasteiger charge is -2.02. The van der Waals surface area contributed by atoms with Gasteiger partial charge in [0.1, 0.15) is 11.6 Å². The highest BCUT2D eigenvalue weighted by Gasteiger charge is 2.12. The number of nitrogens with two attached hydrogens (primary N) is 1. The zero-order chi connectivity index (χ0) is 10.0. The summed E-state index contributed by atoms with van der Waals surface area (Å²) in [4.78, 5) is 10.3. The van der Waals surface area contributed by atoms with Gasteiger partial charge in [-0.05, 0) is 12.1 Å². The second kappa shape index (κ2) is 4.88. The van der Waals surface area contributed by atoms with E-state index in [0.29, 0.717) is 0 Å². The summed E-state index contributed by atoms with van der Waals surface area (Å²) in [5, 5.41) is 8.43. The zero-order valence-corrected chi connectivity index (χ0v) is 7.78. The van der Waals surface area contributed by atoms with E-state index < -0.39 is 23.2 Å². The summed E-state index contributed by atoms with van der Waals surface area (Å²) in [5.74, 6) is -3.24. The van der Waals surface area contributed by atoms with Gasteiger partial charge in [-0.25, -0.2) is 13.6 Å². The van der Waals surface area contributed by atoms with E-state index in [0.717, 1.165) is 12.1 Å². The van der Waals surface area contributed by atoms with Crippen LogP contribution in [0, 0.1) is 11.6 Å². The van der Waals surface area contributed by atoms with Crippen molar-refractivity contribution in [2.75, 3.05) is 0 Å². The maximum atomic E-state index is 12.9. The molecule has 0 saturated carbocycles. The molecule has 1 aromatic rings. The fourth-order valence-corrected chi connectivity index (χ4v) is 0.922. The van der Waals surface area contributed by atoms with Crippen molar-refractivity contribution in [3.05, 3.63) is 34.9 Å². The van der Waals surface area contributed by atoms with Crippen LogP contribution in [0.25, 0.3) is 0 Å². The molecule has 0 radical (unpaired) electrons. The molecule has 6 heteroatoms. The Morgan fingerprint density at radius 3 is 2.07 bits per heavy atom. The molecule has 0 unspecified atom stereocenters. The first kappa shape index (κ1) is 12.8. The normalized spacial score (nSPS) is 9.36. The molecule has 0 bridgehead atoms. The van der Waals surface area contributed by atoms with Crippen molar-refractivity contribution < 1.29 is 18.7 Å². The first-order chi connectivity index (χ1) is 6.06. The summed E-state index contributed by atoms with van der Waals surface area (Å²) >= 11 is 0. The van der Waals surface area contributed by atoms with E-state index in [1.165, 1.54) is 0 Å². The molecule has 0 fully saturated rings. The van der Waals surface area contributed by atoms with Crippen LogP contribution in [-0.4, -0.2) is 11.1 Å². The van der Waals surface area contributed by atoms with E-state index in [1.807, 2.05) is 0 Å². The molecule has 0 aliphatic rings. The van der Waals surface area contributed by atoms with E-state index >= 15 is 0 Å². The largest absolute Gasteiger partial charge is 0.478 e. The summed E-state index contributed by atoms with van der Waals surface area (Å²) in [6, 6.07) is 1.49. The van der Waals surface area contributed by atoms with Crippen molar-refractivity contribution in [2.45, 2.75) is 6.54 Å². The molecule has 0 saturated heterocycles. The Hall–Kier alpha value is -1.20. The number of hydrogen-bond donors (Lipinski definition) is 2. The Balaban J connectivity index is 0.00000169. The number of rotatable bonds is 2. The number of carboxylic acids is 1. The van der Waals surface area contributed by atoms with Gasteiger partial charge in [-0.3, -0.25) is 0 Å². The summed E-state index contributed by atoms with van der Waals surface area (Å²) in [6.45, 7) is -0.294. The minimum Gasteiger partial charge on any atom is -0.478 e. The number of carboxylic acid groups (broad SMARTS) is 1. The number of carbonyl (C=O) groups is 1. The molecule has 3 N–H and O–H groups in total. The van der Waals surface area contributed by atoms with Crippen molar-refractivity contribution >= 4 is 18.4 Å². The summed E-state index contributed by atoms with van der Waals surface area (Å²) in [6.07, 6.45) is 0. The lowest BCUT2D eigenvalue weighted by atomic mass is 10.1. The summed E-state index contributed by atoms with van der Waals surface area (Å²) < 4.78 is 25.8. The van der Waals surface area contributed by atoms with E-state index in [4.69, 9.17) is 10.8 Å². The Kier molecular flexibility index (Phi) is 4.46. The molecule has 0 aliphatic carbocycles. The van der Waals surface area contributed by atoms with Crippen LogP contribution in [-0.2, 0) is 6.54 Å². The predicted octanol–water partition coefficient (Wildman–Crippen LogP) is 1.54. The molecule has 3 nitrogen and oxygen atoms in total. The van der Waals surface area contributed by atoms with Crippen molar-refractivity contribution in [1.82, 2.24) is 0 Å². The van der Waals surface area contributed by atoms with Gasteiger partial charge in [-0.2, -0.15) is 0 Å². The minimum absolute atomic E-state index is 0. The van der Waals surface area contributed by atoms with Crippen LogP contribution in [0.2, 0.25) is 0 Å². The van der Waals surface area contributed by atoms with Crippen LogP contribution in [0.15, 0.2) is 12.1 Å². The SMILES string of the molecule is Cl.NCc1c(F)cc(C(=O)O)cc1F. The van der Waals surface area contributed by atoms with Crippen LogP contribution in [0.5, 0.6) is 0 Å². The number of halogens is 3. The fourth-order valence-electron chi connectivity index (χ4n) is 0.922. The Morgan fingerprint density at radius 2 is 1.79 bits per heavy atom. The standard InChI is InChI=1S/C8H7F2NO2.ClH/c9-6-1-4(8(12)13)2-7(10)5(6)3-11;/h1-2H,3,11H2,(H,12,13);1H. The van der Waals surface area contributed by atoms with Crippen LogP contribution in [0.4, 0.5) is 8.78 Å². The smallest absolute Gasteiger partial charge is 0.335 e. The maximum absolute atomic E-state index is 12.9. The number of aromatic carboxylic acids is 1. The van der Waals surface area contributed by atoms with Gasteiger partial charge in [-0.1, -0.05) is 0 Å². The lowest BCUT2D eigenvalue weighted by molar-refractivity contribution is 0.0695. The van der Waals surface area contributed by atoms with E-state index in [9.17, 15) is 13.6 Å².